The van der Waals surface area contributed by atoms with E-state index in [0.717, 1.165) is 0 Å². The Morgan fingerprint density at radius 3 is 2.40 bits per heavy atom. The Morgan fingerprint density at radius 1 is 1.80 bits per heavy atom. The fraction of sp³-hybridized carbons (Fsp3) is 0.600. The van der Waals surface area contributed by atoms with Gasteiger partial charge in [0.25, 0.3) is 0 Å². The average molecular weight is 146 g/mol. The number of carbonyl (C=O) groups is 2. The predicted octanol–water partition coefficient (Wildman–Crippen LogP) is -2.03. The first-order chi connectivity index (χ1) is 4.59. The maximum absolute atomic E-state index is 10.4. The summed E-state index contributed by atoms with van der Waals surface area (Å²) in [6, 6.07) is -0.988. The molecule has 0 aromatic carbocycles. The minimum absolute atomic E-state index is 0.322. The number of rotatable bonds is 4. The lowest BCUT2D eigenvalue weighted by Crippen LogP contribution is -2.47. The van der Waals surface area contributed by atoms with Gasteiger partial charge in [-0.05, 0) is 6.92 Å². The van der Waals surface area contributed by atoms with Crippen LogP contribution in [0.25, 0.3) is 0 Å². The van der Waals surface area contributed by atoms with Crippen LogP contribution in [0.1, 0.15) is 6.92 Å². The number of aliphatic hydroxyl groups is 1. The second-order valence-electron chi connectivity index (χ2n) is 1.91. The summed E-state index contributed by atoms with van der Waals surface area (Å²) in [5.41, 5.74) is 4.80. The van der Waals surface area contributed by atoms with Crippen molar-refractivity contribution in [2.75, 3.05) is 0 Å². The summed E-state index contributed by atoms with van der Waals surface area (Å²) in [6.07, 6.45) is -0.634. The number of amides is 2. The molecule has 0 bridgehead atoms. The van der Waals surface area contributed by atoms with E-state index in [1.807, 2.05) is 0 Å². The maximum Gasteiger partial charge on any atom is 0.242 e. The molecule has 2 atom stereocenters. The van der Waals surface area contributed by atoms with Gasteiger partial charge in [-0.1, -0.05) is 0 Å². The van der Waals surface area contributed by atoms with Crippen LogP contribution < -0.4 is 11.1 Å². The van der Waals surface area contributed by atoms with Crippen LogP contribution >= 0.6 is 0 Å². The Hall–Kier alpha value is -1.10. The molecule has 2 unspecified atom stereocenters. The van der Waals surface area contributed by atoms with Crippen LogP contribution in [-0.2, 0) is 9.59 Å². The van der Waals surface area contributed by atoms with E-state index in [1.165, 1.54) is 6.92 Å². The van der Waals surface area contributed by atoms with Crippen molar-refractivity contribution in [3.05, 3.63) is 0 Å². The number of hydrogen-bond acceptors (Lipinski definition) is 3. The van der Waals surface area contributed by atoms with Crippen molar-refractivity contribution < 1.29 is 14.7 Å². The van der Waals surface area contributed by atoms with Gasteiger partial charge in [0.2, 0.25) is 12.3 Å². The lowest BCUT2D eigenvalue weighted by atomic mass is 10.2. The first kappa shape index (κ1) is 8.90. The van der Waals surface area contributed by atoms with Crippen LogP contribution in [0.4, 0.5) is 0 Å². The van der Waals surface area contributed by atoms with Crippen LogP contribution in [-0.4, -0.2) is 29.6 Å². The fourth-order valence-electron chi connectivity index (χ4n) is 0.532. The lowest BCUT2D eigenvalue weighted by Gasteiger charge is -2.13. The zero-order valence-corrected chi connectivity index (χ0v) is 5.57. The normalized spacial score (nSPS) is 15.4. The highest BCUT2D eigenvalue weighted by Gasteiger charge is 2.19. The molecule has 4 N–H and O–H groups in total. The van der Waals surface area contributed by atoms with Gasteiger partial charge in [-0.25, -0.2) is 0 Å². The number of hydrogen-bond donors (Lipinski definition) is 3. The topological polar surface area (TPSA) is 92.4 Å². The predicted molar refractivity (Wildman–Crippen MR) is 33.9 cm³/mol. The number of nitrogens with one attached hydrogen (secondary N) is 1. The minimum atomic E-state index is -0.988. The zero-order chi connectivity index (χ0) is 8.15. The molecule has 5 heteroatoms. The Morgan fingerprint density at radius 2 is 2.30 bits per heavy atom. The molecule has 10 heavy (non-hydrogen) atoms. The number of nitrogens with two attached hydrogens (primary N) is 1. The van der Waals surface area contributed by atoms with E-state index < -0.39 is 18.1 Å². The van der Waals surface area contributed by atoms with E-state index in [2.05, 4.69) is 5.32 Å². The summed E-state index contributed by atoms with van der Waals surface area (Å²) in [5, 5.41) is 10.9. The van der Waals surface area contributed by atoms with Crippen molar-refractivity contribution >= 4 is 12.3 Å². The third kappa shape index (κ3) is 2.45. The Kier molecular flexibility index (Phi) is 3.42. The largest absolute Gasteiger partial charge is 0.391 e. The second-order valence-corrected chi connectivity index (χ2v) is 1.91. The molecule has 0 saturated carbocycles. The van der Waals surface area contributed by atoms with Crippen LogP contribution in [0, 0.1) is 0 Å². The first-order valence-corrected chi connectivity index (χ1v) is 2.76. The SMILES string of the molecule is CC(O)C(NC=O)C(N)=O. The molecule has 0 heterocycles. The molecule has 0 aliphatic heterocycles. The second kappa shape index (κ2) is 3.84. The standard InChI is InChI=1S/C5H10N2O3/c1-3(9)4(5(6)10)7-2-8/h2-4,9H,1H3,(H2,6,10)(H,7,8). The Labute approximate surface area is 58.2 Å². The summed E-state index contributed by atoms with van der Waals surface area (Å²) in [5.74, 6) is -0.748. The smallest absolute Gasteiger partial charge is 0.242 e. The monoisotopic (exact) mass is 146 g/mol. The van der Waals surface area contributed by atoms with Crippen LogP contribution in [0.15, 0.2) is 0 Å². The molecule has 0 aromatic rings. The highest BCUT2D eigenvalue weighted by Crippen LogP contribution is 1.88. The molecule has 5 nitrogen and oxygen atoms in total. The van der Waals surface area contributed by atoms with Gasteiger partial charge in [0, 0.05) is 0 Å². The van der Waals surface area contributed by atoms with Crippen molar-refractivity contribution in [2.24, 2.45) is 5.73 Å². The number of aliphatic hydroxyl groups excluding tert-OH is 1. The fourth-order valence-corrected chi connectivity index (χ4v) is 0.532. The van der Waals surface area contributed by atoms with Gasteiger partial charge in [-0.15, -0.1) is 0 Å². The van der Waals surface area contributed by atoms with Gasteiger partial charge in [0.15, 0.2) is 0 Å². The molecule has 0 fully saturated rings. The van der Waals surface area contributed by atoms with Gasteiger partial charge < -0.3 is 16.2 Å². The highest BCUT2D eigenvalue weighted by atomic mass is 16.3. The molecule has 0 aliphatic carbocycles. The molecule has 2 amide bonds. The van der Waals surface area contributed by atoms with Gasteiger partial charge in [-0.2, -0.15) is 0 Å². The van der Waals surface area contributed by atoms with E-state index in [0.29, 0.717) is 6.41 Å². The van der Waals surface area contributed by atoms with E-state index in [1.54, 1.807) is 0 Å². The molecule has 0 rings (SSSR count). The minimum Gasteiger partial charge on any atom is -0.391 e. The van der Waals surface area contributed by atoms with Crippen molar-refractivity contribution in [1.29, 1.82) is 0 Å². The first-order valence-electron chi connectivity index (χ1n) is 2.76. The van der Waals surface area contributed by atoms with Crippen LogP contribution in [0.5, 0.6) is 0 Å². The van der Waals surface area contributed by atoms with E-state index in [-0.39, 0.29) is 0 Å². The molecule has 0 saturated heterocycles. The highest BCUT2D eigenvalue weighted by molar-refractivity contribution is 5.82. The van der Waals surface area contributed by atoms with E-state index in [9.17, 15) is 9.59 Å². The third-order valence-electron chi connectivity index (χ3n) is 1.04. The third-order valence-corrected chi connectivity index (χ3v) is 1.04. The van der Waals surface area contributed by atoms with E-state index >= 15 is 0 Å². The average Bonchev–Trinajstić information content (AvgIpc) is 1.81. The van der Waals surface area contributed by atoms with Crippen molar-refractivity contribution in [2.45, 2.75) is 19.1 Å². The molecule has 0 spiro atoms. The van der Waals surface area contributed by atoms with Crippen LogP contribution in [0.2, 0.25) is 0 Å². The number of primary amides is 1. The van der Waals surface area contributed by atoms with Gasteiger partial charge in [-0.3, -0.25) is 9.59 Å². The zero-order valence-electron chi connectivity index (χ0n) is 5.57. The number of carbonyl (C=O) groups excluding carboxylic acids is 2. The lowest BCUT2D eigenvalue weighted by molar-refractivity contribution is -0.125. The molecular formula is C5H10N2O3. The Bertz CT molecular complexity index is 135. The summed E-state index contributed by atoms with van der Waals surface area (Å²) >= 11 is 0. The van der Waals surface area contributed by atoms with Crippen molar-refractivity contribution in [1.82, 2.24) is 5.32 Å². The summed E-state index contributed by atoms with van der Waals surface area (Å²) in [4.78, 5) is 20.2. The Balaban J connectivity index is 3.97. The molecule has 0 radical (unpaired) electrons. The summed E-state index contributed by atoms with van der Waals surface area (Å²) < 4.78 is 0. The summed E-state index contributed by atoms with van der Waals surface area (Å²) in [6.45, 7) is 1.37. The maximum atomic E-state index is 10.4. The van der Waals surface area contributed by atoms with Gasteiger partial charge in [0.05, 0.1) is 6.10 Å². The summed E-state index contributed by atoms with van der Waals surface area (Å²) in [7, 11) is 0. The van der Waals surface area contributed by atoms with Crippen molar-refractivity contribution in [3.8, 4) is 0 Å². The molecule has 0 aliphatic rings. The molecule has 58 valence electrons. The molecule has 0 aromatic heterocycles. The molecular weight excluding hydrogens is 136 g/mol. The van der Waals surface area contributed by atoms with E-state index in [4.69, 9.17) is 10.8 Å². The van der Waals surface area contributed by atoms with Gasteiger partial charge in [0.1, 0.15) is 6.04 Å². The van der Waals surface area contributed by atoms with Crippen LogP contribution in [0.3, 0.4) is 0 Å². The van der Waals surface area contributed by atoms with Crippen molar-refractivity contribution in [3.63, 3.8) is 0 Å². The quantitative estimate of drug-likeness (QED) is 0.399. The van der Waals surface area contributed by atoms with Gasteiger partial charge >= 0.3 is 0 Å².